The van der Waals surface area contributed by atoms with Crippen molar-refractivity contribution in [3.05, 3.63) is 137 Å². The molecule has 1 aliphatic rings. The zero-order valence-corrected chi connectivity index (χ0v) is 19.2. The Morgan fingerprint density at radius 1 is 0.735 bits per heavy atom. The maximum absolute atomic E-state index is 6.68. The number of aliphatic imine (C=N–C) groups is 1. The van der Waals surface area contributed by atoms with Crippen LogP contribution < -0.4 is 4.90 Å². The number of aromatic nitrogens is 1. The molecule has 0 saturated heterocycles. The van der Waals surface area contributed by atoms with Crippen LogP contribution in [-0.2, 0) is 6.42 Å². The fourth-order valence-corrected chi connectivity index (χ4v) is 4.98. The van der Waals surface area contributed by atoms with Crippen LogP contribution in [0, 0.1) is 0 Å². The lowest BCUT2D eigenvalue weighted by Crippen LogP contribution is -2.39. The normalized spacial score (nSPS) is 15.1. The molecule has 0 aliphatic carbocycles. The van der Waals surface area contributed by atoms with Crippen molar-refractivity contribution in [2.75, 3.05) is 4.90 Å². The third-order valence-corrected chi connectivity index (χ3v) is 6.56. The van der Waals surface area contributed by atoms with Crippen LogP contribution in [0.15, 0.2) is 120 Å². The van der Waals surface area contributed by atoms with E-state index in [-0.39, 0.29) is 6.04 Å². The van der Waals surface area contributed by atoms with E-state index in [1.807, 2.05) is 48.5 Å². The second kappa shape index (κ2) is 8.77. The van der Waals surface area contributed by atoms with E-state index in [2.05, 4.69) is 71.6 Å². The van der Waals surface area contributed by atoms with Gasteiger partial charge in [0.1, 0.15) is 5.84 Å². The summed E-state index contributed by atoms with van der Waals surface area (Å²) in [6.07, 6.45) is 0.697. The maximum Gasteiger partial charge on any atom is 0.141 e. The van der Waals surface area contributed by atoms with Crippen molar-refractivity contribution in [1.29, 1.82) is 0 Å². The molecular formula is C30H22ClN3. The van der Waals surface area contributed by atoms with Gasteiger partial charge in [0.2, 0.25) is 0 Å². The van der Waals surface area contributed by atoms with Crippen molar-refractivity contribution >= 4 is 39.7 Å². The molecule has 34 heavy (non-hydrogen) atoms. The van der Waals surface area contributed by atoms with Crippen molar-refractivity contribution < 1.29 is 0 Å². The smallest absolute Gasteiger partial charge is 0.141 e. The van der Waals surface area contributed by atoms with Gasteiger partial charge < -0.3 is 4.90 Å². The standard InChI is InChI=1S/C30H22ClN3/c31-26-19-22(32-27-17-9-7-15-24(26)27)20-29-25-16-8-10-18-28(25)33-30(21-11-3-1-4-12-21)34(29)23-13-5-2-6-14-23/h1-19,29H,20H2. The number of benzene rings is 4. The fourth-order valence-electron chi connectivity index (χ4n) is 4.70. The molecule has 0 N–H and O–H groups in total. The molecule has 4 aromatic carbocycles. The van der Waals surface area contributed by atoms with Gasteiger partial charge in [0, 0.05) is 34.3 Å². The third-order valence-electron chi connectivity index (χ3n) is 6.25. The van der Waals surface area contributed by atoms with Gasteiger partial charge in [-0.1, -0.05) is 96.5 Å². The van der Waals surface area contributed by atoms with Gasteiger partial charge in [0.25, 0.3) is 0 Å². The van der Waals surface area contributed by atoms with Crippen LogP contribution in [0.4, 0.5) is 11.4 Å². The van der Waals surface area contributed by atoms with Crippen molar-refractivity contribution in [2.24, 2.45) is 4.99 Å². The molecule has 2 heterocycles. The van der Waals surface area contributed by atoms with Gasteiger partial charge >= 0.3 is 0 Å². The summed E-state index contributed by atoms with van der Waals surface area (Å²) in [4.78, 5) is 12.4. The van der Waals surface area contributed by atoms with Gasteiger partial charge in [-0.2, -0.15) is 0 Å². The number of amidine groups is 1. The second-order valence-electron chi connectivity index (χ2n) is 8.40. The molecule has 1 aromatic heterocycles. The Kier molecular flexibility index (Phi) is 5.32. The lowest BCUT2D eigenvalue weighted by Gasteiger charge is -2.38. The highest BCUT2D eigenvalue weighted by Gasteiger charge is 2.32. The summed E-state index contributed by atoms with van der Waals surface area (Å²) in [6, 6.07) is 39.3. The summed E-state index contributed by atoms with van der Waals surface area (Å²) < 4.78 is 0. The first-order chi connectivity index (χ1) is 16.8. The first-order valence-corrected chi connectivity index (χ1v) is 11.8. The van der Waals surface area contributed by atoms with Crippen LogP contribution in [0.25, 0.3) is 10.9 Å². The number of anilines is 1. The van der Waals surface area contributed by atoms with Gasteiger partial charge in [-0.05, 0) is 30.3 Å². The SMILES string of the molecule is Clc1cc(CC2c3ccccc3N=C(c3ccccc3)N2c2ccccc2)nc2ccccc12. The number of pyridine rings is 1. The average Bonchev–Trinajstić information content (AvgIpc) is 2.89. The van der Waals surface area contributed by atoms with Gasteiger partial charge in [-0.15, -0.1) is 0 Å². The van der Waals surface area contributed by atoms with Crippen LogP contribution in [0.1, 0.15) is 22.9 Å². The van der Waals surface area contributed by atoms with E-state index < -0.39 is 0 Å². The summed E-state index contributed by atoms with van der Waals surface area (Å²) in [6.45, 7) is 0. The highest BCUT2D eigenvalue weighted by Crippen LogP contribution is 2.41. The van der Waals surface area contributed by atoms with Gasteiger partial charge in [-0.25, -0.2) is 4.99 Å². The minimum absolute atomic E-state index is 0.0102. The number of nitrogens with zero attached hydrogens (tertiary/aromatic N) is 3. The molecule has 6 rings (SSSR count). The van der Waals surface area contributed by atoms with Crippen molar-refractivity contribution in [3.8, 4) is 0 Å². The summed E-state index contributed by atoms with van der Waals surface area (Å²) in [7, 11) is 0. The predicted octanol–water partition coefficient (Wildman–Crippen LogP) is 7.77. The van der Waals surface area contributed by atoms with Crippen molar-refractivity contribution in [1.82, 2.24) is 4.98 Å². The largest absolute Gasteiger partial charge is 0.318 e. The van der Waals surface area contributed by atoms with Crippen LogP contribution in [0.5, 0.6) is 0 Å². The topological polar surface area (TPSA) is 28.5 Å². The summed E-state index contributed by atoms with van der Waals surface area (Å²) in [5.41, 5.74) is 6.21. The number of halogens is 1. The van der Waals surface area contributed by atoms with E-state index in [9.17, 15) is 0 Å². The first-order valence-electron chi connectivity index (χ1n) is 11.4. The van der Waals surface area contributed by atoms with E-state index in [0.717, 1.165) is 44.4 Å². The molecule has 0 spiro atoms. The zero-order valence-electron chi connectivity index (χ0n) is 18.5. The Bertz CT molecular complexity index is 1500. The summed E-state index contributed by atoms with van der Waals surface area (Å²) >= 11 is 6.68. The molecular weight excluding hydrogens is 438 g/mol. The molecule has 1 aliphatic heterocycles. The molecule has 4 heteroatoms. The van der Waals surface area contributed by atoms with Crippen LogP contribution in [0.2, 0.25) is 5.02 Å². The average molecular weight is 460 g/mol. The Hall–Kier alpha value is -3.95. The monoisotopic (exact) mass is 459 g/mol. The predicted molar refractivity (Wildman–Crippen MR) is 141 cm³/mol. The Balaban J connectivity index is 1.53. The first kappa shape index (κ1) is 20.6. The third kappa shape index (κ3) is 3.74. The minimum atomic E-state index is 0.0102. The molecule has 0 bridgehead atoms. The van der Waals surface area contributed by atoms with Crippen LogP contribution in [-0.4, -0.2) is 10.8 Å². The lowest BCUT2D eigenvalue weighted by atomic mass is 9.94. The molecule has 0 radical (unpaired) electrons. The summed E-state index contributed by atoms with van der Waals surface area (Å²) in [5, 5.41) is 1.70. The zero-order chi connectivity index (χ0) is 22.9. The van der Waals surface area contributed by atoms with Crippen molar-refractivity contribution in [3.63, 3.8) is 0 Å². The molecule has 1 unspecified atom stereocenters. The van der Waals surface area contributed by atoms with Gasteiger partial charge in [0.15, 0.2) is 0 Å². The van der Waals surface area contributed by atoms with E-state index >= 15 is 0 Å². The quantitative estimate of drug-likeness (QED) is 0.274. The molecule has 1 atom stereocenters. The number of para-hydroxylation sites is 3. The highest BCUT2D eigenvalue weighted by molar-refractivity contribution is 6.35. The second-order valence-corrected chi connectivity index (χ2v) is 8.81. The van der Waals surface area contributed by atoms with E-state index in [1.54, 1.807) is 0 Å². The highest BCUT2D eigenvalue weighted by atomic mass is 35.5. The number of hydrogen-bond donors (Lipinski definition) is 0. The number of fused-ring (bicyclic) bond motifs is 2. The van der Waals surface area contributed by atoms with Crippen LogP contribution in [0.3, 0.4) is 0 Å². The fraction of sp³-hybridized carbons (Fsp3) is 0.0667. The molecule has 5 aromatic rings. The molecule has 0 fully saturated rings. The van der Waals surface area contributed by atoms with E-state index in [1.165, 1.54) is 5.56 Å². The van der Waals surface area contributed by atoms with Gasteiger partial charge in [-0.3, -0.25) is 4.98 Å². The number of hydrogen-bond acceptors (Lipinski definition) is 3. The molecule has 0 saturated carbocycles. The Labute approximate surface area is 204 Å². The molecule has 164 valence electrons. The van der Waals surface area contributed by atoms with Crippen molar-refractivity contribution in [2.45, 2.75) is 12.5 Å². The maximum atomic E-state index is 6.68. The Morgan fingerprint density at radius 2 is 1.41 bits per heavy atom. The van der Waals surface area contributed by atoms with Crippen LogP contribution >= 0.6 is 11.6 Å². The Morgan fingerprint density at radius 3 is 2.24 bits per heavy atom. The molecule has 0 amide bonds. The molecule has 3 nitrogen and oxygen atoms in total. The summed E-state index contributed by atoms with van der Waals surface area (Å²) in [5.74, 6) is 0.933. The minimum Gasteiger partial charge on any atom is -0.318 e. The number of rotatable bonds is 4. The van der Waals surface area contributed by atoms with Gasteiger partial charge in [0.05, 0.1) is 22.3 Å². The lowest BCUT2D eigenvalue weighted by molar-refractivity contribution is 0.687. The van der Waals surface area contributed by atoms with E-state index in [0.29, 0.717) is 6.42 Å². The van der Waals surface area contributed by atoms with E-state index in [4.69, 9.17) is 21.6 Å².